The van der Waals surface area contributed by atoms with Gasteiger partial charge >= 0.3 is 0 Å². The lowest BCUT2D eigenvalue weighted by molar-refractivity contribution is -0.117. The van der Waals surface area contributed by atoms with Crippen LogP contribution in [0.15, 0.2) is 48.0 Å². The van der Waals surface area contributed by atoms with E-state index in [4.69, 9.17) is 0 Å². The molecule has 2 aromatic rings. The second kappa shape index (κ2) is 7.88. The average Bonchev–Trinajstić information content (AvgIpc) is 3.14. The zero-order valence-corrected chi connectivity index (χ0v) is 14.0. The normalized spacial score (nSPS) is 15.6. The maximum absolute atomic E-state index is 12.4. The third kappa shape index (κ3) is 4.29. The van der Waals surface area contributed by atoms with Crippen LogP contribution in [0.2, 0.25) is 0 Å². The number of rotatable bonds is 4. The third-order valence-corrected chi connectivity index (χ3v) is 4.72. The van der Waals surface area contributed by atoms with Gasteiger partial charge in [0, 0.05) is 42.3 Å². The van der Waals surface area contributed by atoms with Crippen molar-refractivity contribution in [2.45, 2.75) is 18.9 Å². The first-order valence-corrected chi connectivity index (χ1v) is 8.83. The molecule has 2 heterocycles. The molecule has 1 aliphatic heterocycles. The minimum atomic E-state index is -0.113. The van der Waals surface area contributed by atoms with Crippen molar-refractivity contribution in [2.24, 2.45) is 0 Å². The Morgan fingerprint density at radius 3 is 2.62 bits per heavy atom. The van der Waals surface area contributed by atoms with Gasteiger partial charge in [-0.05, 0) is 31.1 Å². The lowest BCUT2D eigenvalue weighted by Gasteiger charge is -2.32. The molecule has 1 saturated heterocycles. The van der Waals surface area contributed by atoms with E-state index in [2.05, 4.69) is 10.3 Å². The lowest BCUT2D eigenvalue weighted by atomic mass is 10.0. The van der Waals surface area contributed by atoms with Gasteiger partial charge in [0.05, 0.1) is 0 Å². The van der Waals surface area contributed by atoms with Crippen molar-refractivity contribution in [3.05, 3.63) is 58.6 Å². The van der Waals surface area contributed by atoms with Crippen molar-refractivity contribution >= 4 is 29.2 Å². The summed E-state index contributed by atoms with van der Waals surface area (Å²) in [5, 5.41) is 5.68. The number of hydrogen-bond donors (Lipinski definition) is 1. The van der Waals surface area contributed by atoms with Gasteiger partial charge in [0.1, 0.15) is 5.01 Å². The lowest BCUT2D eigenvalue weighted by Crippen LogP contribution is -2.46. The summed E-state index contributed by atoms with van der Waals surface area (Å²) in [5.74, 6) is -0.0536. The number of piperidine rings is 1. The molecule has 0 spiro atoms. The molecule has 1 aliphatic rings. The number of likely N-dealkylation sites (tertiary alicyclic amines) is 1. The topological polar surface area (TPSA) is 62.3 Å². The molecule has 124 valence electrons. The number of nitrogens with zero attached hydrogens (tertiary/aromatic N) is 2. The molecule has 0 bridgehead atoms. The van der Waals surface area contributed by atoms with Crippen molar-refractivity contribution in [1.29, 1.82) is 0 Å². The molecule has 1 N–H and O–H groups in total. The monoisotopic (exact) mass is 341 g/mol. The van der Waals surface area contributed by atoms with Gasteiger partial charge in [-0.3, -0.25) is 9.59 Å². The number of amides is 2. The molecule has 0 aliphatic carbocycles. The van der Waals surface area contributed by atoms with Crippen LogP contribution in [-0.4, -0.2) is 40.8 Å². The smallest absolute Gasteiger partial charge is 0.253 e. The van der Waals surface area contributed by atoms with Gasteiger partial charge < -0.3 is 10.2 Å². The summed E-state index contributed by atoms with van der Waals surface area (Å²) in [6.45, 7) is 1.32. The summed E-state index contributed by atoms with van der Waals surface area (Å²) in [5.41, 5.74) is 0.714. The summed E-state index contributed by atoms with van der Waals surface area (Å²) >= 11 is 1.49. The second-order valence-corrected chi connectivity index (χ2v) is 6.57. The van der Waals surface area contributed by atoms with E-state index in [0.29, 0.717) is 18.7 Å². The molecule has 6 heteroatoms. The van der Waals surface area contributed by atoms with Gasteiger partial charge in [0.15, 0.2) is 0 Å². The van der Waals surface area contributed by atoms with E-state index in [1.165, 1.54) is 17.4 Å². The van der Waals surface area contributed by atoms with Gasteiger partial charge in [0.25, 0.3) is 5.91 Å². The summed E-state index contributed by atoms with van der Waals surface area (Å²) in [7, 11) is 0. The number of thiazole rings is 1. The van der Waals surface area contributed by atoms with Gasteiger partial charge in [-0.2, -0.15) is 0 Å². The molecule has 1 aromatic heterocycles. The molecular weight excluding hydrogens is 322 g/mol. The van der Waals surface area contributed by atoms with Crippen molar-refractivity contribution in [3.63, 3.8) is 0 Å². The van der Waals surface area contributed by atoms with Crippen LogP contribution in [0.3, 0.4) is 0 Å². The zero-order chi connectivity index (χ0) is 16.8. The molecule has 5 nitrogen and oxygen atoms in total. The molecule has 1 fully saturated rings. The quantitative estimate of drug-likeness (QED) is 0.870. The largest absolute Gasteiger partial charge is 0.350 e. The molecule has 1 aromatic carbocycles. The van der Waals surface area contributed by atoms with Gasteiger partial charge in [-0.15, -0.1) is 11.3 Å². The van der Waals surface area contributed by atoms with E-state index >= 15 is 0 Å². The van der Waals surface area contributed by atoms with E-state index in [-0.39, 0.29) is 17.9 Å². The summed E-state index contributed by atoms with van der Waals surface area (Å²) in [4.78, 5) is 30.3. The van der Waals surface area contributed by atoms with Crippen LogP contribution in [0.25, 0.3) is 6.08 Å². The highest BCUT2D eigenvalue weighted by Gasteiger charge is 2.24. The first-order valence-electron chi connectivity index (χ1n) is 7.95. The predicted molar refractivity (Wildman–Crippen MR) is 94.7 cm³/mol. The van der Waals surface area contributed by atoms with Crippen molar-refractivity contribution in [3.8, 4) is 0 Å². The fourth-order valence-electron chi connectivity index (χ4n) is 2.70. The molecule has 0 radical (unpaired) electrons. The van der Waals surface area contributed by atoms with E-state index in [1.807, 2.05) is 40.6 Å². The molecule has 24 heavy (non-hydrogen) atoms. The predicted octanol–water partition coefficient (Wildman–Crippen LogP) is 2.58. The van der Waals surface area contributed by atoms with Crippen molar-refractivity contribution < 1.29 is 9.59 Å². The minimum Gasteiger partial charge on any atom is -0.350 e. The van der Waals surface area contributed by atoms with Crippen LogP contribution in [0.5, 0.6) is 0 Å². The summed E-state index contributed by atoms with van der Waals surface area (Å²) in [6, 6.07) is 9.42. The number of nitrogens with one attached hydrogen (secondary N) is 1. The Labute approximate surface area is 145 Å². The molecule has 0 saturated carbocycles. The fraction of sp³-hybridized carbons (Fsp3) is 0.278. The second-order valence-electron chi connectivity index (χ2n) is 5.64. The molecule has 0 unspecified atom stereocenters. The number of carbonyl (C=O) groups excluding carboxylic acids is 2. The van der Waals surface area contributed by atoms with E-state index in [0.717, 1.165) is 17.8 Å². The highest BCUT2D eigenvalue weighted by Crippen LogP contribution is 2.14. The van der Waals surface area contributed by atoms with E-state index < -0.39 is 0 Å². The van der Waals surface area contributed by atoms with Crippen LogP contribution in [0.1, 0.15) is 28.2 Å². The molecule has 2 amide bonds. The van der Waals surface area contributed by atoms with Gasteiger partial charge in [0.2, 0.25) is 5.91 Å². The molecular formula is C18H19N3O2S. The average molecular weight is 341 g/mol. The standard InChI is InChI=1S/C18H19N3O2S/c22-16(6-7-17-19-10-13-24-17)20-15-8-11-21(12-9-15)18(23)14-4-2-1-3-5-14/h1-7,10,13,15H,8-9,11-12H2,(H,20,22). The number of benzene rings is 1. The maximum atomic E-state index is 12.4. The third-order valence-electron chi connectivity index (χ3n) is 3.98. The Bertz CT molecular complexity index is 705. The Kier molecular flexibility index (Phi) is 5.38. The van der Waals surface area contributed by atoms with Gasteiger partial charge in [-0.25, -0.2) is 4.98 Å². The van der Waals surface area contributed by atoms with E-state index in [9.17, 15) is 9.59 Å². The first kappa shape index (κ1) is 16.4. The minimum absolute atomic E-state index is 0.0593. The van der Waals surface area contributed by atoms with E-state index in [1.54, 1.807) is 12.3 Å². The summed E-state index contributed by atoms with van der Waals surface area (Å²) in [6.07, 6.45) is 6.49. The number of aromatic nitrogens is 1. The Hall–Kier alpha value is -2.47. The summed E-state index contributed by atoms with van der Waals surface area (Å²) < 4.78 is 0. The van der Waals surface area contributed by atoms with Gasteiger partial charge in [-0.1, -0.05) is 18.2 Å². The van der Waals surface area contributed by atoms with Crippen LogP contribution in [-0.2, 0) is 4.79 Å². The Balaban J connectivity index is 1.47. The van der Waals surface area contributed by atoms with Crippen LogP contribution in [0.4, 0.5) is 0 Å². The number of carbonyl (C=O) groups is 2. The first-order chi connectivity index (χ1) is 11.7. The van der Waals surface area contributed by atoms with Crippen LogP contribution < -0.4 is 5.32 Å². The van der Waals surface area contributed by atoms with Crippen molar-refractivity contribution in [2.75, 3.05) is 13.1 Å². The fourth-order valence-corrected chi connectivity index (χ4v) is 3.23. The SMILES string of the molecule is O=C(C=Cc1nccs1)NC1CCN(C(=O)c2ccccc2)CC1. The molecule has 0 atom stereocenters. The Morgan fingerprint density at radius 2 is 1.96 bits per heavy atom. The highest BCUT2D eigenvalue weighted by atomic mass is 32.1. The highest BCUT2D eigenvalue weighted by molar-refractivity contribution is 7.10. The Morgan fingerprint density at radius 1 is 1.21 bits per heavy atom. The maximum Gasteiger partial charge on any atom is 0.253 e. The van der Waals surface area contributed by atoms with Crippen LogP contribution >= 0.6 is 11.3 Å². The number of hydrogen-bond acceptors (Lipinski definition) is 4. The van der Waals surface area contributed by atoms with Crippen LogP contribution in [0, 0.1) is 0 Å². The van der Waals surface area contributed by atoms with Crippen molar-refractivity contribution in [1.82, 2.24) is 15.2 Å². The zero-order valence-electron chi connectivity index (χ0n) is 13.2. The molecule has 3 rings (SSSR count).